The predicted molar refractivity (Wildman–Crippen MR) is 106 cm³/mol. The van der Waals surface area contributed by atoms with Crippen LogP contribution >= 0.6 is 0 Å². The van der Waals surface area contributed by atoms with Crippen molar-refractivity contribution in [2.24, 2.45) is 0 Å². The lowest BCUT2D eigenvalue weighted by Gasteiger charge is -2.12. The molecule has 1 amide bonds. The predicted octanol–water partition coefficient (Wildman–Crippen LogP) is 2.45. The highest BCUT2D eigenvalue weighted by molar-refractivity contribution is 5.96. The lowest BCUT2D eigenvalue weighted by Crippen LogP contribution is -2.32. The summed E-state index contributed by atoms with van der Waals surface area (Å²) in [6, 6.07) is 12.1. The molecule has 0 bridgehead atoms. The number of benzene rings is 2. The van der Waals surface area contributed by atoms with Crippen LogP contribution in [0.4, 0.5) is 0 Å². The minimum absolute atomic E-state index is 0.129. The summed E-state index contributed by atoms with van der Waals surface area (Å²) in [6.45, 7) is 2.62. The second kappa shape index (κ2) is 11.4. The minimum Gasteiger partial charge on any atom is -0.496 e. The second-order valence-corrected chi connectivity index (χ2v) is 5.72. The van der Waals surface area contributed by atoms with Gasteiger partial charge < -0.3 is 29.0 Å². The summed E-state index contributed by atoms with van der Waals surface area (Å²) < 4.78 is 26.3. The van der Waals surface area contributed by atoms with Gasteiger partial charge in [-0.15, -0.1) is 0 Å². The lowest BCUT2D eigenvalue weighted by atomic mass is 10.2. The fourth-order valence-corrected chi connectivity index (χ4v) is 2.46. The normalized spacial score (nSPS) is 10.0. The van der Waals surface area contributed by atoms with E-state index in [1.165, 1.54) is 14.2 Å². The molecule has 2 aromatic carbocycles. The number of carbonyl (C=O) groups excluding carboxylic acids is 2. The van der Waals surface area contributed by atoms with Crippen LogP contribution in [0.5, 0.6) is 23.0 Å². The molecule has 0 radical (unpaired) electrons. The summed E-state index contributed by atoms with van der Waals surface area (Å²) in [5, 5.41) is 2.62. The van der Waals surface area contributed by atoms with Crippen molar-refractivity contribution in [3.05, 3.63) is 48.0 Å². The number of nitrogens with one attached hydrogen (secondary N) is 1. The van der Waals surface area contributed by atoms with E-state index in [2.05, 4.69) is 5.32 Å². The highest BCUT2D eigenvalue weighted by atomic mass is 16.5. The van der Waals surface area contributed by atoms with Gasteiger partial charge in [0.2, 0.25) is 0 Å². The quantitative estimate of drug-likeness (QED) is 0.455. The molecule has 0 aliphatic carbocycles. The number of rotatable bonds is 11. The van der Waals surface area contributed by atoms with E-state index < -0.39 is 18.5 Å². The molecule has 8 nitrogen and oxygen atoms in total. The number of ether oxygens (including phenoxy) is 5. The van der Waals surface area contributed by atoms with Gasteiger partial charge in [0.25, 0.3) is 5.91 Å². The molecule has 8 heteroatoms. The molecule has 0 saturated carbocycles. The highest BCUT2D eigenvalue weighted by Crippen LogP contribution is 2.28. The highest BCUT2D eigenvalue weighted by Gasteiger charge is 2.20. The van der Waals surface area contributed by atoms with Crippen LogP contribution in [0.1, 0.15) is 17.3 Å². The summed E-state index contributed by atoms with van der Waals surface area (Å²) in [6.07, 6.45) is 0. The number of amides is 1. The Bertz CT molecular complexity index is 783. The van der Waals surface area contributed by atoms with Gasteiger partial charge in [0.15, 0.2) is 6.61 Å². The first-order valence-corrected chi connectivity index (χ1v) is 9.09. The molecule has 0 aliphatic heterocycles. The molecule has 0 unspecified atom stereocenters. The smallest absolute Gasteiger partial charge is 0.346 e. The monoisotopic (exact) mass is 403 g/mol. The molecule has 0 fully saturated rings. The maximum absolute atomic E-state index is 12.3. The van der Waals surface area contributed by atoms with Crippen LogP contribution in [-0.4, -0.2) is 52.5 Å². The Morgan fingerprint density at radius 2 is 1.48 bits per heavy atom. The topological polar surface area (TPSA) is 92.3 Å². The first-order chi connectivity index (χ1) is 14.1. The van der Waals surface area contributed by atoms with Crippen LogP contribution < -0.4 is 24.3 Å². The van der Waals surface area contributed by atoms with Crippen LogP contribution in [0, 0.1) is 0 Å². The van der Waals surface area contributed by atoms with E-state index in [4.69, 9.17) is 23.7 Å². The summed E-state index contributed by atoms with van der Waals surface area (Å²) >= 11 is 0. The van der Waals surface area contributed by atoms with Gasteiger partial charge in [-0.2, -0.15) is 0 Å². The van der Waals surface area contributed by atoms with Crippen molar-refractivity contribution in [1.82, 2.24) is 5.32 Å². The van der Waals surface area contributed by atoms with Gasteiger partial charge >= 0.3 is 5.97 Å². The first-order valence-electron chi connectivity index (χ1n) is 9.09. The Kier molecular flexibility index (Phi) is 8.62. The van der Waals surface area contributed by atoms with E-state index >= 15 is 0 Å². The largest absolute Gasteiger partial charge is 0.496 e. The molecular formula is C21H25NO7. The van der Waals surface area contributed by atoms with Gasteiger partial charge in [-0.05, 0) is 43.3 Å². The maximum Gasteiger partial charge on any atom is 0.346 e. The molecule has 2 rings (SSSR count). The number of hydrogen-bond donors (Lipinski definition) is 1. The van der Waals surface area contributed by atoms with Gasteiger partial charge in [0.05, 0.1) is 27.4 Å². The lowest BCUT2D eigenvalue weighted by molar-refractivity contribution is -0.124. The molecule has 2 aromatic rings. The SMILES string of the molecule is CCOc1ccc(OCCNC(=O)COC(=O)c2c(OC)cccc2OC)cc1. The van der Waals surface area contributed by atoms with E-state index in [1.807, 2.05) is 19.1 Å². The van der Waals surface area contributed by atoms with Crippen molar-refractivity contribution in [2.75, 3.05) is 40.6 Å². The minimum atomic E-state index is -0.708. The Morgan fingerprint density at radius 1 is 0.897 bits per heavy atom. The van der Waals surface area contributed by atoms with Crippen LogP contribution in [-0.2, 0) is 9.53 Å². The van der Waals surface area contributed by atoms with Crippen molar-refractivity contribution >= 4 is 11.9 Å². The van der Waals surface area contributed by atoms with Crippen molar-refractivity contribution in [2.45, 2.75) is 6.92 Å². The van der Waals surface area contributed by atoms with Gasteiger partial charge in [-0.25, -0.2) is 4.79 Å². The average molecular weight is 403 g/mol. The van der Waals surface area contributed by atoms with Crippen LogP contribution in [0.3, 0.4) is 0 Å². The summed E-state index contributed by atoms with van der Waals surface area (Å²) in [4.78, 5) is 24.2. The first kappa shape index (κ1) is 21.9. The van der Waals surface area contributed by atoms with Crippen molar-refractivity contribution in [3.63, 3.8) is 0 Å². The molecule has 0 aliphatic rings. The van der Waals surface area contributed by atoms with E-state index in [1.54, 1.807) is 30.3 Å². The van der Waals surface area contributed by atoms with E-state index in [-0.39, 0.29) is 18.7 Å². The van der Waals surface area contributed by atoms with Gasteiger partial charge in [0.1, 0.15) is 35.2 Å². The van der Waals surface area contributed by atoms with E-state index in [0.717, 1.165) is 5.75 Å². The third-order valence-corrected chi connectivity index (χ3v) is 3.79. The number of esters is 1. The summed E-state index contributed by atoms with van der Waals surface area (Å²) in [5.41, 5.74) is 0.129. The van der Waals surface area contributed by atoms with Crippen LogP contribution in [0.15, 0.2) is 42.5 Å². The number of carbonyl (C=O) groups is 2. The molecular weight excluding hydrogens is 378 g/mol. The fraction of sp³-hybridized carbons (Fsp3) is 0.333. The number of hydrogen-bond acceptors (Lipinski definition) is 7. The second-order valence-electron chi connectivity index (χ2n) is 5.72. The average Bonchev–Trinajstić information content (AvgIpc) is 2.75. The zero-order valence-corrected chi connectivity index (χ0v) is 16.7. The van der Waals surface area contributed by atoms with Crippen LogP contribution in [0.25, 0.3) is 0 Å². The van der Waals surface area contributed by atoms with Crippen molar-refractivity contribution in [3.8, 4) is 23.0 Å². The molecule has 0 heterocycles. The Hall–Kier alpha value is -3.42. The van der Waals surface area contributed by atoms with Crippen LogP contribution in [0.2, 0.25) is 0 Å². The maximum atomic E-state index is 12.3. The number of methoxy groups -OCH3 is 2. The molecule has 156 valence electrons. The molecule has 29 heavy (non-hydrogen) atoms. The van der Waals surface area contributed by atoms with E-state index in [9.17, 15) is 9.59 Å². The van der Waals surface area contributed by atoms with Crippen molar-refractivity contribution < 1.29 is 33.3 Å². The van der Waals surface area contributed by atoms with Crippen molar-refractivity contribution in [1.29, 1.82) is 0 Å². The Morgan fingerprint density at radius 3 is 2.03 bits per heavy atom. The third-order valence-electron chi connectivity index (χ3n) is 3.79. The molecule has 0 aromatic heterocycles. The Labute approximate surface area is 169 Å². The molecule has 0 saturated heterocycles. The van der Waals surface area contributed by atoms with Gasteiger partial charge in [0, 0.05) is 0 Å². The molecule has 1 N–H and O–H groups in total. The summed E-state index contributed by atoms with van der Waals surface area (Å²) in [5.74, 6) is 0.888. The van der Waals surface area contributed by atoms with E-state index in [0.29, 0.717) is 23.9 Å². The molecule has 0 atom stereocenters. The standard InChI is InChI=1S/C21H25NO7/c1-4-27-15-8-10-16(11-9-15)28-13-12-22-19(23)14-29-21(24)20-17(25-2)6-5-7-18(20)26-3/h5-11H,4,12-14H2,1-3H3,(H,22,23). The zero-order chi connectivity index (χ0) is 21.1. The van der Waals surface area contributed by atoms with Gasteiger partial charge in [-0.1, -0.05) is 6.07 Å². The Balaban J connectivity index is 1.74. The summed E-state index contributed by atoms with van der Waals surface area (Å²) in [7, 11) is 2.87. The van der Waals surface area contributed by atoms with Gasteiger partial charge in [-0.3, -0.25) is 4.79 Å². The molecule has 0 spiro atoms. The fourth-order valence-electron chi connectivity index (χ4n) is 2.46. The third kappa shape index (κ3) is 6.60. The zero-order valence-electron chi connectivity index (χ0n) is 16.7.